The van der Waals surface area contributed by atoms with E-state index < -0.39 is 21.8 Å². The van der Waals surface area contributed by atoms with E-state index >= 15 is 0 Å². The molecule has 1 saturated heterocycles. The third-order valence-corrected chi connectivity index (χ3v) is 7.28. The van der Waals surface area contributed by atoms with Gasteiger partial charge in [-0.2, -0.15) is 4.31 Å². The zero-order valence-electron chi connectivity index (χ0n) is 17.8. The van der Waals surface area contributed by atoms with Gasteiger partial charge in [-0.3, -0.25) is 0 Å². The number of ether oxygens (including phenoxy) is 2. The number of cyclic esters (lactones) is 1. The monoisotopic (exact) mass is 482 g/mol. The van der Waals surface area contributed by atoms with E-state index in [9.17, 15) is 17.6 Å². The topological polar surface area (TPSA) is 98.4 Å². The maximum Gasteiger partial charge on any atom is 0.363 e. The van der Waals surface area contributed by atoms with Crippen molar-refractivity contribution in [1.82, 2.24) is 4.31 Å². The molecule has 3 heterocycles. The van der Waals surface area contributed by atoms with Crippen molar-refractivity contribution in [1.29, 1.82) is 0 Å². The number of carbonyl (C=O) groups excluding carboxylic acids is 1. The molecule has 34 heavy (non-hydrogen) atoms. The highest BCUT2D eigenvalue weighted by Crippen LogP contribution is 2.27. The van der Waals surface area contributed by atoms with Crippen LogP contribution in [0.15, 0.2) is 80.7 Å². The molecule has 174 valence electrons. The number of halogens is 1. The van der Waals surface area contributed by atoms with Gasteiger partial charge in [0.1, 0.15) is 17.3 Å². The summed E-state index contributed by atoms with van der Waals surface area (Å²) in [5.41, 5.74) is 1.20. The Bertz CT molecular complexity index is 1390. The summed E-state index contributed by atoms with van der Waals surface area (Å²) in [4.78, 5) is 16.5. The first-order chi connectivity index (χ1) is 16.4. The van der Waals surface area contributed by atoms with Crippen LogP contribution in [0.1, 0.15) is 11.3 Å². The van der Waals surface area contributed by atoms with Crippen molar-refractivity contribution in [3.05, 3.63) is 83.5 Å². The maximum absolute atomic E-state index is 13.1. The minimum atomic E-state index is -3.58. The molecule has 2 aromatic carbocycles. The molecular weight excluding hydrogens is 463 g/mol. The van der Waals surface area contributed by atoms with Crippen LogP contribution < -0.4 is 0 Å². The van der Waals surface area contributed by atoms with Gasteiger partial charge >= 0.3 is 5.97 Å². The van der Waals surface area contributed by atoms with Crippen LogP contribution >= 0.6 is 0 Å². The van der Waals surface area contributed by atoms with Crippen LogP contribution in [0, 0.1) is 5.82 Å². The van der Waals surface area contributed by atoms with E-state index in [1.807, 2.05) is 0 Å². The Labute approximate surface area is 195 Å². The molecule has 10 heteroatoms. The molecule has 0 unspecified atom stereocenters. The van der Waals surface area contributed by atoms with Crippen LogP contribution in [-0.2, 0) is 24.3 Å². The minimum absolute atomic E-state index is 0.0483. The number of esters is 1. The second-order valence-electron chi connectivity index (χ2n) is 7.59. The van der Waals surface area contributed by atoms with Gasteiger partial charge in [0, 0.05) is 30.3 Å². The summed E-state index contributed by atoms with van der Waals surface area (Å²) in [6.07, 6.45) is 1.44. The summed E-state index contributed by atoms with van der Waals surface area (Å²) in [5, 5.41) is 0. The molecule has 8 nitrogen and oxygen atoms in total. The van der Waals surface area contributed by atoms with Gasteiger partial charge in [0.2, 0.25) is 15.9 Å². The van der Waals surface area contributed by atoms with Crippen molar-refractivity contribution < 1.29 is 31.5 Å². The van der Waals surface area contributed by atoms with Crippen molar-refractivity contribution in [2.45, 2.75) is 4.90 Å². The number of aliphatic imine (C=N–C) groups is 1. The second-order valence-corrected chi connectivity index (χ2v) is 9.52. The van der Waals surface area contributed by atoms with Gasteiger partial charge in [-0.15, -0.1) is 0 Å². The highest BCUT2D eigenvalue weighted by atomic mass is 32.2. The fourth-order valence-corrected chi connectivity index (χ4v) is 4.98. The van der Waals surface area contributed by atoms with Crippen LogP contribution in [0.4, 0.5) is 4.39 Å². The van der Waals surface area contributed by atoms with Gasteiger partial charge in [0.05, 0.1) is 18.1 Å². The molecular formula is C24H19FN2O6S. The summed E-state index contributed by atoms with van der Waals surface area (Å²) in [6.45, 7) is 1.41. The number of furan rings is 1. The quantitative estimate of drug-likeness (QED) is 0.408. The van der Waals surface area contributed by atoms with Crippen LogP contribution in [0.3, 0.4) is 0 Å². The highest BCUT2D eigenvalue weighted by Gasteiger charge is 2.27. The molecule has 0 amide bonds. The zero-order chi connectivity index (χ0) is 23.7. The Kier molecular flexibility index (Phi) is 5.86. The molecule has 0 radical (unpaired) electrons. The molecule has 0 N–H and O–H groups in total. The lowest BCUT2D eigenvalue weighted by Gasteiger charge is -2.26. The van der Waals surface area contributed by atoms with Gasteiger partial charge in [-0.25, -0.2) is 22.6 Å². The van der Waals surface area contributed by atoms with Gasteiger partial charge in [-0.05, 0) is 60.7 Å². The average molecular weight is 482 g/mol. The van der Waals surface area contributed by atoms with E-state index in [4.69, 9.17) is 13.9 Å². The van der Waals surface area contributed by atoms with Gasteiger partial charge < -0.3 is 13.9 Å². The third-order valence-electron chi connectivity index (χ3n) is 5.36. The van der Waals surface area contributed by atoms with E-state index in [0.29, 0.717) is 49.0 Å². The van der Waals surface area contributed by atoms with Crippen LogP contribution in [0.5, 0.6) is 0 Å². The van der Waals surface area contributed by atoms with Crippen molar-refractivity contribution in [2.75, 3.05) is 26.3 Å². The molecule has 5 rings (SSSR count). The highest BCUT2D eigenvalue weighted by molar-refractivity contribution is 7.89. The lowest BCUT2D eigenvalue weighted by molar-refractivity contribution is -0.129. The summed E-state index contributed by atoms with van der Waals surface area (Å²) >= 11 is 0. The Morgan fingerprint density at radius 1 is 0.912 bits per heavy atom. The zero-order valence-corrected chi connectivity index (χ0v) is 18.6. The first kappa shape index (κ1) is 22.2. The van der Waals surface area contributed by atoms with Crippen LogP contribution in [0.2, 0.25) is 0 Å². The molecule has 0 atom stereocenters. The predicted molar refractivity (Wildman–Crippen MR) is 121 cm³/mol. The number of morpholine rings is 1. The van der Waals surface area contributed by atoms with Crippen LogP contribution in [-0.4, -0.2) is 50.9 Å². The molecule has 3 aromatic rings. The fourth-order valence-electron chi connectivity index (χ4n) is 3.57. The van der Waals surface area contributed by atoms with Gasteiger partial charge in [-0.1, -0.05) is 0 Å². The SMILES string of the molecule is O=C1OC(c2ccc(F)cc2)=N/C1=C/c1ccc(-c2ccc(S(=O)(=O)N3CCOCC3)cc2)o1. The number of nitrogens with zero attached hydrogens (tertiary/aromatic N) is 2. The van der Waals surface area contributed by atoms with E-state index in [2.05, 4.69) is 4.99 Å². The standard InChI is InChI=1S/C24H19FN2O6S/c25-18-5-1-17(2-6-18)23-26-21(24(28)33-23)15-19-7-10-22(32-19)16-3-8-20(9-4-16)34(29,30)27-11-13-31-14-12-27/h1-10,15H,11-14H2/b21-15+. The first-order valence-corrected chi connectivity index (χ1v) is 11.9. The number of hydrogen-bond acceptors (Lipinski definition) is 7. The number of rotatable bonds is 5. The predicted octanol–water partition coefficient (Wildman–Crippen LogP) is 3.45. The van der Waals surface area contributed by atoms with Crippen LogP contribution in [0.25, 0.3) is 17.4 Å². The molecule has 2 aliphatic heterocycles. The number of benzene rings is 2. The minimum Gasteiger partial charge on any atom is -0.457 e. The van der Waals surface area contributed by atoms with Crippen molar-refractivity contribution in [2.24, 2.45) is 4.99 Å². The summed E-state index contributed by atoms with van der Waals surface area (Å²) in [5.74, 6) is -0.0957. The smallest absolute Gasteiger partial charge is 0.363 e. The van der Waals surface area contributed by atoms with E-state index in [-0.39, 0.29) is 16.5 Å². The molecule has 0 spiro atoms. The Morgan fingerprint density at radius 3 is 2.29 bits per heavy atom. The summed E-state index contributed by atoms with van der Waals surface area (Å²) in [7, 11) is -3.58. The molecule has 0 aliphatic carbocycles. The lowest BCUT2D eigenvalue weighted by Crippen LogP contribution is -2.40. The Balaban J connectivity index is 1.34. The summed E-state index contributed by atoms with van der Waals surface area (Å²) < 4.78 is 56.3. The van der Waals surface area contributed by atoms with Crippen molar-refractivity contribution in [3.8, 4) is 11.3 Å². The van der Waals surface area contributed by atoms with Gasteiger partial charge in [0.25, 0.3) is 0 Å². The number of hydrogen-bond donors (Lipinski definition) is 0. The van der Waals surface area contributed by atoms with Gasteiger partial charge in [0.15, 0.2) is 5.70 Å². The van der Waals surface area contributed by atoms with E-state index in [1.165, 1.54) is 46.8 Å². The molecule has 0 saturated carbocycles. The summed E-state index contributed by atoms with van der Waals surface area (Å²) in [6, 6.07) is 15.2. The van der Waals surface area contributed by atoms with E-state index in [1.54, 1.807) is 24.3 Å². The number of sulfonamides is 1. The third kappa shape index (κ3) is 4.43. The molecule has 1 aromatic heterocycles. The second kappa shape index (κ2) is 8.98. The Hall–Kier alpha value is -3.60. The lowest BCUT2D eigenvalue weighted by atomic mass is 10.2. The first-order valence-electron chi connectivity index (χ1n) is 10.5. The van der Waals surface area contributed by atoms with Crippen molar-refractivity contribution >= 4 is 28.0 Å². The largest absolute Gasteiger partial charge is 0.457 e. The van der Waals surface area contributed by atoms with Crippen molar-refractivity contribution in [3.63, 3.8) is 0 Å². The Morgan fingerprint density at radius 2 is 1.59 bits per heavy atom. The maximum atomic E-state index is 13.1. The molecule has 0 bridgehead atoms. The average Bonchev–Trinajstić information content (AvgIpc) is 3.47. The van der Waals surface area contributed by atoms with E-state index in [0.717, 1.165) is 0 Å². The molecule has 2 aliphatic rings. The number of carbonyl (C=O) groups is 1. The normalized spacial score (nSPS) is 18.2. The fraction of sp³-hybridized carbons (Fsp3) is 0.167. The molecule has 1 fully saturated rings.